The van der Waals surface area contributed by atoms with Gasteiger partial charge in [0.25, 0.3) is 0 Å². The molecule has 3 N–H and O–H groups in total. The Hall–Kier alpha value is -3.18. The van der Waals surface area contributed by atoms with Gasteiger partial charge in [0.2, 0.25) is 11.8 Å². The Bertz CT molecular complexity index is 934. The van der Waals surface area contributed by atoms with Gasteiger partial charge in [0.1, 0.15) is 6.61 Å². The molecule has 1 heterocycles. The maximum absolute atomic E-state index is 13.0. The standard InChI is InChI=1S/C21H25N3O7S/c1-4-5-31-21(29)14-6-13(20(28)30-3)7-15(8-14)23-19(27)17-9-16(32-12(2)25)10-24(17)11-18(22)26/h4,6-8,16-17H,1,5,9-11H2,2-3H3,(H2,22,26)(H,23,27)/t16-,17-/m0/s1. The van der Waals surface area contributed by atoms with Gasteiger partial charge in [-0.15, -0.1) is 0 Å². The Labute approximate surface area is 189 Å². The van der Waals surface area contributed by atoms with Crippen molar-refractivity contribution in [3.8, 4) is 0 Å². The number of hydrogen-bond acceptors (Lipinski definition) is 9. The van der Waals surface area contributed by atoms with Gasteiger partial charge in [0.05, 0.1) is 30.8 Å². The van der Waals surface area contributed by atoms with E-state index in [4.69, 9.17) is 15.2 Å². The van der Waals surface area contributed by atoms with Crippen LogP contribution in [0.4, 0.5) is 5.69 Å². The van der Waals surface area contributed by atoms with Gasteiger partial charge in [-0.1, -0.05) is 24.4 Å². The summed E-state index contributed by atoms with van der Waals surface area (Å²) in [6.07, 6.45) is 1.72. The molecule has 1 aliphatic rings. The summed E-state index contributed by atoms with van der Waals surface area (Å²) in [4.78, 5) is 61.8. The average molecular weight is 464 g/mol. The van der Waals surface area contributed by atoms with Crippen LogP contribution in [0.5, 0.6) is 0 Å². The predicted molar refractivity (Wildman–Crippen MR) is 118 cm³/mol. The first kappa shape index (κ1) is 25.1. The maximum atomic E-state index is 13.0. The van der Waals surface area contributed by atoms with Crippen LogP contribution in [0.1, 0.15) is 34.1 Å². The van der Waals surface area contributed by atoms with E-state index in [-0.39, 0.29) is 40.3 Å². The lowest BCUT2D eigenvalue weighted by Crippen LogP contribution is -2.43. The van der Waals surface area contributed by atoms with Crippen molar-refractivity contribution in [1.29, 1.82) is 0 Å². The van der Waals surface area contributed by atoms with E-state index in [1.807, 2.05) is 0 Å². The van der Waals surface area contributed by atoms with Gasteiger partial charge in [-0.05, 0) is 24.6 Å². The number of likely N-dealkylation sites (tertiary alicyclic amines) is 1. The highest BCUT2D eigenvalue weighted by atomic mass is 32.2. The van der Waals surface area contributed by atoms with E-state index in [2.05, 4.69) is 11.9 Å². The molecule has 1 aromatic carbocycles. The first-order chi connectivity index (χ1) is 15.1. The number of primary amides is 1. The number of hydrogen-bond donors (Lipinski definition) is 2. The number of nitrogens with two attached hydrogens (primary N) is 1. The molecule has 1 aliphatic heterocycles. The molecule has 11 heteroatoms. The summed E-state index contributed by atoms with van der Waals surface area (Å²) in [6.45, 7) is 5.07. The largest absolute Gasteiger partial charge is 0.465 e. The summed E-state index contributed by atoms with van der Waals surface area (Å²) in [5, 5.41) is 2.40. The first-order valence-corrected chi connectivity index (χ1v) is 10.5. The van der Waals surface area contributed by atoms with Crippen LogP contribution < -0.4 is 11.1 Å². The number of esters is 2. The van der Waals surface area contributed by atoms with E-state index in [9.17, 15) is 24.0 Å². The highest BCUT2D eigenvalue weighted by molar-refractivity contribution is 8.14. The van der Waals surface area contributed by atoms with Crippen LogP contribution in [0.25, 0.3) is 0 Å². The molecule has 0 spiro atoms. The molecule has 2 rings (SSSR count). The Morgan fingerprint density at radius 3 is 2.44 bits per heavy atom. The Balaban J connectivity index is 2.28. The molecule has 2 amide bonds. The number of ether oxygens (including phenoxy) is 2. The van der Waals surface area contributed by atoms with Crippen LogP contribution >= 0.6 is 11.8 Å². The number of carbonyl (C=O) groups excluding carboxylic acids is 5. The van der Waals surface area contributed by atoms with E-state index in [0.717, 1.165) is 11.8 Å². The molecule has 0 bridgehead atoms. The highest BCUT2D eigenvalue weighted by Crippen LogP contribution is 2.29. The second-order valence-electron chi connectivity index (χ2n) is 7.05. The van der Waals surface area contributed by atoms with Gasteiger partial charge in [0, 0.05) is 24.4 Å². The fourth-order valence-corrected chi connectivity index (χ4v) is 4.34. The fourth-order valence-electron chi connectivity index (χ4n) is 3.33. The number of thioether (sulfide) groups is 1. The van der Waals surface area contributed by atoms with Crippen molar-refractivity contribution in [2.24, 2.45) is 5.73 Å². The molecule has 1 aromatic rings. The molecule has 0 radical (unpaired) electrons. The summed E-state index contributed by atoms with van der Waals surface area (Å²) in [5.41, 5.74) is 5.55. The topological polar surface area (TPSA) is 145 Å². The van der Waals surface area contributed by atoms with E-state index in [1.165, 1.54) is 38.3 Å². The van der Waals surface area contributed by atoms with Crippen LogP contribution in [0.15, 0.2) is 30.9 Å². The zero-order valence-electron chi connectivity index (χ0n) is 17.8. The lowest BCUT2D eigenvalue weighted by molar-refractivity contribution is -0.123. The molecule has 0 aromatic heterocycles. The molecule has 0 aliphatic carbocycles. The fraction of sp³-hybridized carbons (Fsp3) is 0.381. The number of carbonyl (C=O) groups is 5. The van der Waals surface area contributed by atoms with Gasteiger partial charge in [-0.2, -0.15) is 0 Å². The molecule has 0 unspecified atom stereocenters. The zero-order chi connectivity index (χ0) is 23.8. The van der Waals surface area contributed by atoms with Crippen molar-refractivity contribution in [1.82, 2.24) is 4.90 Å². The van der Waals surface area contributed by atoms with E-state index < -0.39 is 29.8 Å². The third-order valence-electron chi connectivity index (χ3n) is 4.55. The summed E-state index contributed by atoms with van der Waals surface area (Å²) < 4.78 is 9.71. The van der Waals surface area contributed by atoms with Crippen molar-refractivity contribution >= 4 is 46.3 Å². The highest BCUT2D eigenvalue weighted by Gasteiger charge is 2.38. The van der Waals surface area contributed by atoms with Gasteiger partial charge < -0.3 is 20.5 Å². The number of benzene rings is 1. The van der Waals surface area contributed by atoms with Crippen LogP contribution in [-0.4, -0.2) is 71.9 Å². The SMILES string of the molecule is C=CCOC(=O)c1cc(NC(=O)[C@@H]2C[C@H](SC(C)=O)CN2CC(N)=O)cc(C(=O)OC)c1. The lowest BCUT2D eigenvalue weighted by atomic mass is 10.1. The number of anilines is 1. The minimum absolute atomic E-state index is 0.0255. The number of nitrogens with one attached hydrogen (secondary N) is 1. The van der Waals surface area contributed by atoms with Gasteiger partial charge >= 0.3 is 11.9 Å². The minimum atomic E-state index is -0.725. The van der Waals surface area contributed by atoms with E-state index >= 15 is 0 Å². The van der Waals surface area contributed by atoms with Crippen molar-refractivity contribution in [3.05, 3.63) is 42.0 Å². The summed E-state index contributed by atoms with van der Waals surface area (Å²) in [6, 6.07) is 3.30. The molecule has 0 saturated carbocycles. The first-order valence-electron chi connectivity index (χ1n) is 9.66. The van der Waals surface area contributed by atoms with Crippen molar-refractivity contribution in [3.63, 3.8) is 0 Å². The predicted octanol–water partition coefficient (Wildman–Crippen LogP) is 0.962. The molecule has 1 saturated heterocycles. The van der Waals surface area contributed by atoms with Crippen LogP contribution in [0, 0.1) is 0 Å². The second kappa shape index (κ2) is 11.4. The summed E-state index contributed by atoms with van der Waals surface area (Å²) >= 11 is 1.10. The van der Waals surface area contributed by atoms with Gasteiger partial charge in [-0.3, -0.25) is 19.3 Å². The monoisotopic (exact) mass is 463 g/mol. The van der Waals surface area contributed by atoms with E-state index in [0.29, 0.717) is 13.0 Å². The van der Waals surface area contributed by atoms with Crippen LogP contribution in [-0.2, 0) is 23.9 Å². The Kier molecular flexibility index (Phi) is 8.97. The third-order valence-corrected chi connectivity index (χ3v) is 5.56. The molecule has 2 atom stereocenters. The van der Waals surface area contributed by atoms with Crippen molar-refractivity contribution in [2.75, 3.05) is 32.1 Å². The Morgan fingerprint density at radius 2 is 1.88 bits per heavy atom. The summed E-state index contributed by atoms with van der Waals surface area (Å²) in [5.74, 6) is -2.48. The molecule has 10 nitrogen and oxygen atoms in total. The molecule has 1 fully saturated rings. The lowest BCUT2D eigenvalue weighted by Gasteiger charge is -2.22. The van der Waals surface area contributed by atoms with Crippen molar-refractivity contribution < 1.29 is 33.4 Å². The molecular formula is C21H25N3O7S. The maximum Gasteiger partial charge on any atom is 0.338 e. The Morgan fingerprint density at radius 1 is 1.22 bits per heavy atom. The molecule has 172 valence electrons. The van der Waals surface area contributed by atoms with Gasteiger partial charge in [-0.25, -0.2) is 9.59 Å². The number of nitrogens with zero attached hydrogens (tertiary/aromatic N) is 1. The zero-order valence-corrected chi connectivity index (χ0v) is 18.6. The minimum Gasteiger partial charge on any atom is -0.465 e. The average Bonchev–Trinajstić information content (AvgIpc) is 3.11. The van der Waals surface area contributed by atoms with E-state index in [1.54, 1.807) is 4.90 Å². The molecular weight excluding hydrogens is 438 g/mol. The number of rotatable bonds is 9. The number of methoxy groups -OCH3 is 1. The molecule has 32 heavy (non-hydrogen) atoms. The third kappa shape index (κ3) is 6.92. The second-order valence-corrected chi connectivity index (χ2v) is 8.52. The number of amides is 2. The van der Waals surface area contributed by atoms with Gasteiger partial charge in [0.15, 0.2) is 5.12 Å². The van der Waals surface area contributed by atoms with Crippen LogP contribution in [0.3, 0.4) is 0 Å². The normalized spacial score (nSPS) is 17.9. The summed E-state index contributed by atoms with van der Waals surface area (Å²) in [7, 11) is 1.19. The quantitative estimate of drug-likeness (QED) is 0.404. The van der Waals surface area contributed by atoms with Crippen LogP contribution in [0.2, 0.25) is 0 Å². The van der Waals surface area contributed by atoms with Crippen molar-refractivity contribution in [2.45, 2.75) is 24.6 Å². The smallest absolute Gasteiger partial charge is 0.338 e.